The predicted molar refractivity (Wildman–Crippen MR) is 238 cm³/mol. The summed E-state index contributed by atoms with van der Waals surface area (Å²) >= 11 is 1.42. The summed E-state index contributed by atoms with van der Waals surface area (Å²) in [6, 6.07) is 7.48. The third kappa shape index (κ3) is 8.84. The Bertz CT molecular complexity index is 2300. The number of nitrogens with one attached hydrogen (secondary N) is 2. The summed E-state index contributed by atoms with van der Waals surface area (Å²) in [4.78, 5) is 69.4. The molecule has 0 radical (unpaired) electrons. The Balaban J connectivity index is 1.30. The van der Waals surface area contributed by atoms with Crippen molar-refractivity contribution in [3.8, 4) is 22.5 Å². The Labute approximate surface area is 368 Å². The van der Waals surface area contributed by atoms with Crippen LogP contribution >= 0.6 is 11.3 Å². The molecule has 3 aliphatic rings. The van der Waals surface area contributed by atoms with Gasteiger partial charge in [0.25, 0.3) is 5.91 Å². The molecule has 7 rings (SSSR count). The fourth-order valence-electron chi connectivity index (χ4n) is 8.95. The van der Waals surface area contributed by atoms with Crippen molar-refractivity contribution < 1.29 is 33.4 Å². The van der Waals surface area contributed by atoms with Crippen LogP contribution in [0, 0.1) is 11.3 Å². The number of likely N-dealkylation sites (tertiary alicyclic amines) is 1. The van der Waals surface area contributed by atoms with Crippen LogP contribution in [-0.4, -0.2) is 124 Å². The number of ether oxygens (including phenoxy) is 3. The van der Waals surface area contributed by atoms with E-state index >= 15 is 0 Å². The van der Waals surface area contributed by atoms with E-state index < -0.39 is 47.4 Å². The van der Waals surface area contributed by atoms with Crippen molar-refractivity contribution in [2.75, 3.05) is 40.9 Å². The van der Waals surface area contributed by atoms with Gasteiger partial charge in [0.2, 0.25) is 5.91 Å². The van der Waals surface area contributed by atoms with E-state index in [1.807, 2.05) is 39.1 Å². The number of thiazole rings is 1. The van der Waals surface area contributed by atoms with Crippen LogP contribution in [0.3, 0.4) is 0 Å². The molecule has 0 saturated carbocycles. The number of benzene rings is 1. The minimum absolute atomic E-state index is 0.0385. The summed E-state index contributed by atoms with van der Waals surface area (Å²) in [5, 5.41) is 8.16. The second kappa shape index (κ2) is 18.4. The SMILES string of the molecule is CCn1c(-c2cccnc2[C@H](C)OC)c2c3cc(ccc31)-c1csc(n1)C[C@H](NC(=O)[C@H](C(C)C)N(C)C(=O)N1CC(OC)C1)C(=O)N1CCC[C@H](N1)C(=O)O[C@H](C)C(C)(C)C2. The number of hydrogen-bond acceptors (Lipinski definition) is 11. The van der Waals surface area contributed by atoms with Crippen LogP contribution in [0.25, 0.3) is 33.4 Å². The number of aryl methyl sites for hydroxylation is 1. The van der Waals surface area contributed by atoms with Crippen molar-refractivity contribution in [2.24, 2.45) is 11.3 Å². The van der Waals surface area contributed by atoms with Gasteiger partial charge >= 0.3 is 12.0 Å². The Kier molecular flexibility index (Phi) is 13.4. The van der Waals surface area contributed by atoms with Gasteiger partial charge in [0.15, 0.2) is 0 Å². The summed E-state index contributed by atoms with van der Waals surface area (Å²) in [6.07, 6.45) is 2.70. The van der Waals surface area contributed by atoms with Gasteiger partial charge in [0.1, 0.15) is 24.2 Å². The predicted octanol–water partition coefficient (Wildman–Crippen LogP) is 6.00. The molecule has 1 aromatic carbocycles. The zero-order valence-corrected chi connectivity index (χ0v) is 38.5. The summed E-state index contributed by atoms with van der Waals surface area (Å²) in [7, 11) is 4.92. The number of pyridine rings is 1. The number of likely N-dealkylation sites (N-methyl/N-ethyl adjacent to an activating group) is 1. The Morgan fingerprint density at radius 3 is 2.60 bits per heavy atom. The Morgan fingerprint density at radius 2 is 1.90 bits per heavy atom. The monoisotopic (exact) mass is 870 g/mol. The third-order valence-electron chi connectivity index (χ3n) is 13.0. The number of carbonyl (C=O) groups is 4. The number of aromatic nitrogens is 3. The smallest absolute Gasteiger partial charge is 0.325 e. The normalized spacial score (nSPS) is 21.9. The number of fused-ring (bicyclic) bond motifs is 6. The maximum Gasteiger partial charge on any atom is 0.325 e. The lowest BCUT2D eigenvalue weighted by molar-refractivity contribution is -0.161. The quantitative estimate of drug-likeness (QED) is 0.191. The molecular weight excluding hydrogens is 809 g/mol. The number of cyclic esters (lactones) is 1. The van der Waals surface area contributed by atoms with Crippen LogP contribution in [0.1, 0.15) is 83.7 Å². The maximum atomic E-state index is 14.6. The molecule has 0 unspecified atom stereocenters. The number of hydrogen-bond donors (Lipinski definition) is 2. The van der Waals surface area contributed by atoms with E-state index in [2.05, 4.69) is 60.3 Å². The van der Waals surface area contributed by atoms with Crippen molar-refractivity contribution in [1.29, 1.82) is 0 Å². The molecule has 3 aromatic heterocycles. The van der Waals surface area contributed by atoms with Gasteiger partial charge in [-0.05, 0) is 75.8 Å². The topological polar surface area (TPSA) is 160 Å². The largest absolute Gasteiger partial charge is 0.461 e. The van der Waals surface area contributed by atoms with Gasteiger partial charge in [0.05, 0.1) is 47.4 Å². The molecule has 62 heavy (non-hydrogen) atoms. The fourth-order valence-corrected chi connectivity index (χ4v) is 9.80. The fraction of sp³-hybridized carbons (Fsp3) is 0.565. The zero-order valence-electron chi connectivity index (χ0n) is 37.7. The van der Waals surface area contributed by atoms with E-state index in [0.717, 1.165) is 44.7 Å². The number of carbonyl (C=O) groups excluding carboxylic acids is 4. The van der Waals surface area contributed by atoms with Gasteiger partial charge in [-0.25, -0.2) is 15.2 Å². The van der Waals surface area contributed by atoms with Crippen LogP contribution < -0.4 is 10.7 Å². The standard InChI is InChI=1S/C46H62N8O7S/c1-11-53-37-17-16-29-20-32(37)33(41(53)31-14-12-18-47-39(31)27(4)59-9)22-46(6,7)28(5)61-44(57)34-15-13-19-54(50-34)43(56)35(21-38-48-36(29)25-62-38)49-42(55)40(26(2)3)51(8)45(58)52-23-30(24-52)60-10/h12,14,16-18,20,25-28,30,34-35,40,50H,11,13,15,19,21-24H2,1-10H3,(H,49,55)/t27-,28+,34-,35-,40-/m0/s1. The Morgan fingerprint density at radius 1 is 1.15 bits per heavy atom. The lowest BCUT2D eigenvalue weighted by Gasteiger charge is -2.42. The molecule has 4 aromatic rings. The first-order valence-electron chi connectivity index (χ1n) is 21.8. The molecule has 16 heteroatoms. The van der Waals surface area contributed by atoms with Gasteiger partial charge in [0, 0.05) is 79.8 Å². The van der Waals surface area contributed by atoms with Crippen molar-refractivity contribution in [3.05, 3.63) is 58.2 Å². The highest BCUT2D eigenvalue weighted by Gasteiger charge is 2.41. The number of hydrazine groups is 1. The molecule has 6 heterocycles. The van der Waals surface area contributed by atoms with Crippen LogP contribution in [-0.2, 0) is 48.0 Å². The average Bonchev–Trinajstić information content (AvgIpc) is 3.83. The van der Waals surface area contributed by atoms with Gasteiger partial charge in [-0.1, -0.05) is 33.8 Å². The van der Waals surface area contributed by atoms with Gasteiger partial charge < -0.3 is 33.9 Å². The molecule has 15 nitrogen and oxygen atoms in total. The van der Waals surface area contributed by atoms with Crippen molar-refractivity contribution in [1.82, 2.24) is 40.1 Å². The molecule has 334 valence electrons. The van der Waals surface area contributed by atoms with Gasteiger partial charge in [-0.15, -0.1) is 11.3 Å². The number of rotatable bonds is 9. The first-order chi connectivity index (χ1) is 29.6. The van der Waals surface area contributed by atoms with E-state index in [0.29, 0.717) is 50.4 Å². The minimum Gasteiger partial charge on any atom is -0.461 e. The zero-order chi connectivity index (χ0) is 44.6. The molecule has 4 amide bonds. The first-order valence-corrected chi connectivity index (χ1v) is 22.7. The van der Waals surface area contributed by atoms with Gasteiger partial charge in [-0.3, -0.25) is 24.4 Å². The maximum absolute atomic E-state index is 14.6. The number of nitrogens with zero attached hydrogens (tertiary/aromatic N) is 6. The molecule has 5 atom stereocenters. The van der Waals surface area contributed by atoms with E-state index in [1.165, 1.54) is 21.2 Å². The van der Waals surface area contributed by atoms with Crippen molar-refractivity contribution in [2.45, 2.75) is 117 Å². The minimum atomic E-state index is -1.05. The van der Waals surface area contributed by atoms with Crippen LogP contribution in [0.5, 0.6) is 0 Å². The lowest BCUT2D eigenvalue weighted by atomic mass is 9.79. The van der Waals surface area contributed by atoms with E-state index in [-0.39, 0.29) is 30.6 Å². The molecule has 2 fully saturated rings. The van der Waals surface area contributed by atoms with E-state index in [4.69, 9.17) is 24.2 Å². The molecular formula is C46H62N8O7S. The lowest BCUT2D eigenvalue weighted by Crippen LogP contribution is -2.64. The highest BCUT2D eigenvalue weighted by atomic mass is 32.1. The Hall–Kier alpha value is -4.90. The summed E-state index contributed by atoms with van der Waals surface area (Å²) in [5.74, 6) is -1.56. The molecule has 3 aliphatic heterocycles. The average molecular weight is 871 g/mol. The first kappa shape index (κ1) is 45.1. The number of urea groups is 1. The van der Waals surface area contributed by atoms with E-state index in [1.54, 1.807) is 32.4 Å². The molecule has 0 aliphatic carbocycles. The highest BCUT2D eigenvalue weighted by molar-refractivity contribution is 7.10. The second-order valence-corrected chi connectivity index (χ2v) is 18.9. The molecule has 0 spiro atoms. The van der Waals surface area contributed by atoms with E-state index in [9.17, 15) is 19.2 Å². The van der Waals surface area contributed by atoms with Crippen LogP contribution in [0.4, 0.5) is 4.79 Å². The molecule has 2 N–H and O–H groups in total. The van der Waals surface area contributed by atoms with Crippen molar-refractivity contribution >= 4 is 46.1 Å². The van der Waals surface area contributed by atoms with Crippen LogP contribution in [0.2, 0.25) is 0 Å². The second-order valence-electron chi connectivity index (χ2n) is 17.9. The number of amides is 4. The number of methoxy groups -OCH3 is 2. The summed E-state index contributed by atoms with van der Waals surface area (Å²) in [5.41, 5.74) is 9.32. The van der Waals surface area contributed by atoms with Gasteiger partial charge in [-0.2, -0.15) is 0 Å². The number of esters is 1. The molecule has 2 saturated heterocycles. The van der Waals surface area contributed by atoms with Crippen molar-refractivity contribution in [3.63, 3.8) is 0 Å². The molecule has 6 bridgehead atoms. The third-order valence-corrected chi connectivity index (χ3v) is 13.9. The highest BCUT2D eigenvalue weighted by Crippen LogP contribution is 2.43. The van der Waals surface area contributed by atoms with Crippen LogP contribution in [0.15, 0.2) is 41.9 Å². The summed E-state index contributed by atoms with van der Waals surface area (Å²) < 4.78 is 19.8. The summed E-state index contributed by atoms with van der Waals surface area (Å²) in [6.45, 7) is 16.0.